The van der Waals surface area contributed by atoms with Crippen molar-refractivity contribution in [3.05, 3.63) is 59.7 Å². The van der Waals surface area contributed by atoms with E-state index in [0.717, 1.165) is 48.0 Å². The maximum atomic E-state index is 12.7. The van der Waals surface area contributed by atoms with E-state index in [1.54, 1.807) is 7.11 Å². The van der Waals surface area contributed by atoms with Crippen LogP contribution in [-0.4, -0.2) is 36.0 Å². The number of aryl methyl sites for hydroxylation is 1. The first-order chi connectivity index (χ1) is 12.6. The summed E-state index contributed by atoms with van der Waals surface area (Å²) in [7, 11) is 1.63. The van der Waals surface area contributed by atoms with Crippen molar-refractivity contribution in [2.24, 2.45) is 5.92 Å². The number of Topliss-reactive ketones (excluding diaryl/α,β-unsaturated/α-hetero) is 1. The number of ketones is 1. The standard InChI is InChI=1S/C21H24N2O2S/c1-15-5-3-4-6-19(15)22-21(26)23-13-11-17(12-14-23)20(24)16-7-9-18(25-2)10-8-16/h3-10,17H,11-14H2,1-2H3,(H,22,26). The summed E-state index contributed by atoms with van der Waals surface area (Å²) in [6.45, 7) is 3.65. The van der Waals surface area contributed by atoms with E-state index in [1.807, 2.05) is 42.5 Å². The zero-order valence-corrected chi connectivity index (χ0v) is 16.0. The van der Waals surface area contributed by atoms with Crippen molar-refractivity contribution in [2.75, 3.05) is 25.5 Å². The van der Waals surface area contributed by atoms with Crippen LogP contribution in [0.5, 0.6) is 5.75 Å². The quantitative estimate of drug-likeness (QED) is 0.644. The topological polar surface area (TPSA) is 41.6 Å². The Morgan fingerprint density at radius 2 is 1.77 bits per heavy atom. The molecule has 0 saturated carbocycles. The largest absolute Gasteiger partial charge is 0.497 e. The summed E-state index contributed by atoms with van der Waals surface area (Å²) in [5.74, 6) is 1.04. The third-order valence-electron chi connectivity index (χ3n) is 4.91. The molecule has 0 radical (unpaired) electrons. The molecule has 0 unspecified atom stereocenters. The molecule has 136 valence electrons. The molecule has 1 heterocycles. The van der Waals surface area contributed by atoms with Gasteiger partial charge in [0.15, 0.2) is 10.9 Å². The van der Waals surface area contributed by atoms with Crippen molar-refractivity contribution in [3.8, 4) is 5.75 Å². The van der Waals surface area contributed by atoms with E-state index in [9.17, 15) is 4.79 Å². The minimum Gasteiger partial charge on any atom is -0.497 e. The molecule has 2 aromatic carbocycles. The molecule has 0 amide bonds. The minimum absolute atomic E-state index is 0.0564. The van der Waals surface area contributed by atoms with Gasteiger partial charge in [0.25, 0.3) is 0 Å². The van der Waals surface area contributed by atoms with E-state index in [4.69, 9.17) is 17.0 Å². The molecule has 0 aliphatic carbocycles. The van der Waals surface area contributed by atoms with Crippen LogP contribution in [0.1, 0.15) is 28.8 Å². The second-order valence-electron chi connectivity index (χ2n) is 6.60. The van der Waals surface area contributed by atoms with Crippen LogP contribution in [0, 0.1) is 12.8 Å². The van der Waals surface area contributed by atoms with Gasteiger partial charge in [-0.05, 0) is 67.9 Å². The number of carbonyl (C=O) groups excluding carboxylic acids is 1. The Morgan fingerprint density at radius 1 is 1.12 bits per heavy atom. The first-order valence-corrected chi connectivity index (χ1v) is 9.29. The molecule has 1 N–H and O–H groups in total. The SMILES string of the molecule is COc1ccc(C(=O)C2CCN(C(=S)Nc3ccccc3C)CC2)cc1. The van der Waals surface area contributed by atoms with Crippen molar-refractivity contribution in [3.63, 3.8) is 0 Å². The Hall–Kier alpha value is -2.40. The Morgan fingerprint density at radius 3 is 2.38 bits per heavy atom. The molecule has 2 aromatic rings. The summed E-state index contributed by atoms with van der Waals surface area (Å²) < 4.78 is 5.15. The van der Waals surface area contributed by atoms with Gasteiger partial charge >= 0.3 is 0 Å². The number of thiocarbonyl (C=S) groups is 1. The van der Waals surface area contributed by atoms with Crippen LogP contribution in [0.2, 0.25) is 0 Å². The second-order valence-corrected chi connectivity index (χ2v) is 6.99. The Bertz CT molecular complexity index is 781. The molecule has 5 heteroatoms. The van der Waals surface area contributed by atoms with Gasteiger partial charge in [-0.25, -0.2) is 0 Å². The van der Waals surface area contributed by atoms with Gasteiger partial charge in [-0.1, -0.05) is 18.2 Å². The molecule has 1 saturated heterocycles. The molecule has 0 bridgehead atoms. The first-order valence-electron chi connectivity index (χ1n) is 8.88. The van der Waals surface area contributed by atoms with Gasteiger partial charge < -0.3 is 15.0 Å². The second kappa shape index (κ2) is 8.32. The van der Waals surface area contributed by atoms with Crippen LogP contribution in [0.3, 0.4) is 0 Å². The number of methoxy groups -OCH3 is 1. The Kier molecular flexibility index (Phi) is 5.89. The molecular weight excluding hydrogens is 344 g/mol. The normalized spacial score (nSPS) is 14.8. The van der Waals surface area contributed by atoms with E-state index in [-0.39, 0.29) is 11.7 Å². The lowest BCUT2D eigenvalue weighted by Crippen LogP contribution is -2.42. The van der Waals surface area contributed by atoms with Gasteiger partial charge in [0.1, 0.15) is 5.75 Å². The lowest BCUT2D eigenvalue weighted by Gasteiger charge is -2.33. The van der Waals surface area contributed by atoms with Crippen molar-refractivity contribution < 1.29 is 9.53 Å². The van der Waals surface area contributed by atoms with Crippen molar-refractivity contribution in [1.29, 1.82) is 0 Å². The molecule has 0 atom stereocenters. The number of benzene rings is 2. The third-order valence-corrected chi connectivity index (χ3v) is 5.27. The van der Waals surface area contributed by atoms with Gasteiger partial charge in [0.2, 0.25) is 0 Å². The average Bonchev–Trinajstić information content (AvgIpc) is 2.69. The van der Waals surface area contributed by atoms with Gasteiger partial charge in [-0.2, -0.15) is 0 Å². The lowest BCUT2D eigenvalue weighted by atomic mass is 9.89. The van der Waals surface area contributed by atoms with E-state index in [2.05, 4.69) is 23.2 Å². The maximum Gasteiger partial charge on any atom is 0.173 e. The monoisotopic (exact) mass is 368 g/mol. The fraction of sp³-hybridized carbons (Fsp3) is 0.333. The zero-order valence-electron chi connectivity index (χ0n) is 15.2. The number of likely N-dealkylation sites (tertiary alicyclic amines) is 1. The highest BCUT2D eigenvalue weighted by Crippen LogP contribution is 2.24. The number of carbonyl (C=O) groups is 1. The van der Waals surface area contributed by atoms with Crippen LogP contribution in [-0.2, 0) is 0 Å². The molecule has 26 heavy (non-hydrogen) atoms. The third kappa shape index (κ3) is 4.22. The van der Waals surface area contributed by atoms with Gasteiger partial charge in [-0.15, -0.1) is 0 Å². The van der Waals surface area contributed by atoms with Crippen LogP contribution >= 0.6 is 12.2 Å². The summed E-state index contributed by atoms with van der Waals surface area (Å²) in [4.78, 5) is 14.9. The van der Waals surface area contributed by atoms with Crippen molar-refractivity contribution in [2.45, 2.75) is 19.8 Å². The predicted molar refractivity (Wildman–Crippen MR) is 109 cm³/mol. The number of nitrogens with zero attached hydrogens (tertiary/aromatic N) is 1. The van der Waals surface area contributed by atoms with E-state index in [1.165, 1.54) is 5.56 Å². The highest BCUT2D eigenvalue weighted by Gasteiger charge is 2.27. The highest BCUT2D eigenvalue weighted by atomic mass is 32.1. The summed E-state index contributed by atoms with van der Waals surface area (Å²) in [5, 5.41) is 4.06. The number of anilines is 1. The number of nitrogens with one attached hydrogen (secondary N) is 1. The van der Waals surface area contributed by atoms with Gasteiger partial charge in [0, 0.05) is 30.3 Å². The van der Waals surface area contributed by atoms with Crippen LogP contribution in [0.4, 0.5) is 5.69 Å². The smallest absolute Gasteiger partial charge is 0.173 e. The number of rotatable bonds is 4. The number of piperidine rings is 1. The minimum atomic E-state index is 0.0564. The van der Waals surface area contributed by atoms with Crippen LogP contribution < -0.4 is 10.1 Å². The zero-order chi connectivity index (χ0) is 18.5. The molecule has 1 aliphatic heterocycles. The Labute approximate surface area is 160 Å². The van der Waals surface area contributed by atoms with Crippen molar-refractivity contribution >= 4 is 28.8 Å². The highest BCUT2D eigenvalue weighted by molar-refractivity contribution is 7.80. The Balaban J connectivity index is 1.55. The fourth-order valence-electron chi connectivity index (χ4n) is 3.24. The summed E-state index contributed by atoms with van der Waals surface area (Å²) in [6, 6.07) is 15.5. The first kappa shape index (κ1) is 18.4. The molecule has 4 nitrogen and oxygen atoms in total. The van der Waals surface area contributed by atoms with Crippen LogP contribution in [0.25, 0.3) is 0 Å². The van der Waals surface area contributed by atoms with E-state index >= 15 is 0 Å². The summed E-state index contributed by atoms with van der Waals surface area (Å²) in [6.07, 6.45) is 1.64. The maximum absolute atomic E-state index is 12.7. The summed E-state index contributed by atoms with van der Waals surface area (Å²) >= 11 is 5.56. The average molecular weight is 369 g/mol. The van der Waals surface area contributed by atoms with Gasteiger partial charge in [-0.3, -0.25) is 4.79 Å². The fourth-order valence-corrected chi connectivity index (χ4v) is 3.54. The van der Waals surface area contributed by atoms with Crippen LogP contribution in [0.15, 0.2) is 48.5 Å². The summed E-state index contributed by atoms with van der Waals surface area (Å²) in [5.41, 5.74) is 2.96. The molecule has 0 spiro atoms. The number of para-hydroxylation sites is 1. The van der Waals surface area contributed by atoms with E-state index in [0.29, 0.717) is 0 Å². The predicted octanol–water partition coefficient (Wildman–Crippen LogP) is 4.30. The van der Waals surface area contributed by atoms with Gasteiger partial charge in [0.05, 0.1) is 7.11 Å². The molecule has 0 aromatic heterocycles. The van der Waals surface area contributed by atoms with E-state index < -0.39 is 0 Å². The molecule has 3 rings (SSSR count). The molecule has 1 aliphatic rings. The van der Waals surface area contributed by atoms with Crippen molar-refractivity contribution in [1.82, 2.24) is 4.90 Å². The molecular formula is C21H24N2O2S. The number of hydrogen-bond acceptors (Lipinski definition) is 3. The molecule has 1 fully saturated rings. The number of hydrogen-bond donors (Lipinski definition) is 1. The lowest BCUT2D eigenvalue weighted by molar-refractivity contribution is 0.0873. The number of ether oxygens (including phenoxy) is 1.